The monoisotopic (exact) mass is 327 g/mol. The van der Waals surface area contributed by atoms with Crippen LogP contribution in [0.3, 0.4) is 0 Å². The molecule has 0 fully saturated rings. The SMILES string of the molecule is CCOC(=O)N(C)CC1c2ccccc2Oc2c(OC)cccc21. The van der Waals surface area contributed by atoms with E-state index in [0.717, 1.165) is 16.9 Å². The number of amides is 1. The number of rotatable bonds is 4. The molecule has 3 rings (SSSR count). The molecule has 1 amide bonds. The zero-order chi connectivity index (χ0) is 17.1. The average Bonchev–Trinajstić information content (AvgIpc) is 2.61. The maximum absolute atomic E-state index is 12.0. The summed E-state index contributed by atoms with van der Waals surface area (Å²) in [6, 6.07) is 13.7. The van der Waals surface area contributed by atoms with Crippen LogP contribution in [-0.4, -0.2) is 38.3 Å². The van der Waals surface area contributed by atoms with Crippen LogP contribution in [0.5, 0.6) is 17.2 Å². The lowest BCUT2D eigenvalue weighted by Crippen LogP contribution is -2.33. The van der Waals surface area contributed by atoms with Crippen LogP contribution < -0.4 is 9.47 Å². The van der Waals surface area contributed by atoms with Gasteiger partial charge in [-0.05, 0) is 19.1 Å². The number of ether oxygens (including phenoxy) is 3. The molecule has 0 saturated heterocycles. The highest BCUT2D eigenvalue weighted by molar-refractivity contribution is 5.68. The first-order valence-electron chi connectivity index (χ1n) is 7.97. The topological polar surface area (TPSA) is 48.0 Å². The Morgan fingerprint density at radius 1 is 1.17 bits per heavy atom. The first-order chi connectivity index (χ1) is 11.7. The van der Waals surface area contributed by atoms with Gasteiger partial charge in [0.25, 0.3) is 0 Å². The van der Waals surface area contributed by atoms with E-state index in [9.17, 15) is 4.79 Å². The Bertz CT molecular complexity index is 744. The molecule has 0 bridgehead atoms. The highest BCUT2D eigenvalue weighted by atomic mass is 16.6. The Morgan fingerprint density at radius 2 is 1.92 bits per heavy atom. The van der Waals surface area contributed by atoms with Crippen molar-refractivity contribution in [3.05, 3.63) is 53.6 Å². The lowest BCUT2D eigenvalue weighted by Gasteiger charge is -2.31. The van der Waals surface area contributed by atoms with E-state index < -0.39 is 0 Å². The summed E-state index contributed by atoms with van der Waals surface area (Å²) in [4.78, 5) is 13.6. The summed E-state index contributed by atoms with van der Waals surface area (Å²) < 4.78 is 16.6. The molecular weight excluding hydrogens is 306 g/mol. The number of hydrogen-bond acceptors (Lipinski definition) is 4. The second-order valence-corrected chi connectivity index (χ2v) is 5.65. The Morgan fingerprint density at radius 3 is 2.67 bits per heavy atom. The van der Waals surface area contributed by atoms with E-state index in [4.69, 9.17) is 14.2 Å². The quantitative estimate of drug-likeness (QED) is 0.851. The molecule has 0 aliphatic carbocycles. The van der Waals surface area contributed by atoms with Gasteiger partial charge in [0.2, 0.25) is 0 Å². The van der Waals surface area contributed by atoms with Gasteiger partial charge < -0.3 is 19.1 Å². The standard InChI is InChI=1S/C19H21NO4/c1-4-23-19(21)20(2)12-15-13-8-5-6-10-16(13)24-18-14(15)9-7-11-17(18)22-3/h5-11,15H,4,12H2,1-3H3. The van der Waals surface area contributed by atoms with Gasteiger partial charge in [-0.25, -0.2) is 4.79 Å². The lowest BCUT2D eigenvalue weighted by atomic mass is 9.87. The number of fused-ring (bicyclic) bond motifs is 2. The van der Waals surface area contributed by atoms with Gasteiger partial charge in [-0.3, -0.25) is 0 Å². The molecule has 2 aromatic rings. The van der Waals surface area contributed by atoms with E-state index >= 15 is 0 Å². The highest BCUT2D eigenvalue weighted by Crippen LogP contribution is 2.48. The van der Waals surface area contributed by atoms with Gasteiger partial charge in [0.15, 0.2) is 11.5 Å². The molecule has 1 unspecified atom stereocenters. The van der Waals surface area contributed by atoms with E-state index in [1.807, 2.05) is 42.5 Å². The van der Waals surface area contributed by atoms with Crippen molar-refractivity contribution in [3.63, 3.8) is 0 Å². The second-order valence-electron chi connectivity index (χ2n) is 5.65. The van der Waals surface area contributed by atoms with E-state index in [0.29, 0.717) is 24.7 Å². The molecule has 1 atom stereocenters. The number of methoxy groups -OCH3 is 1. The fourth-order valence-corrected chi connectivity index (χ4v) is 2.99. The molecule has 1 aliphatic heterocycles. The third-order valence-electron chi connectivity index (χ3n) is 4.15. The van der Waals surface area contributed by atoms with Gasteiger partial charge >= 0.3 is 6.09 Å². The third kappa shape index (κ3) is 2.89. The summed E-state index contributed by atoms with van der Waals surface area (Å²) in [6.07, 6.45) is -0.328. The summed E-state index contributed by atoms with van der Waals surface area (Å²) in [5.74, 6) is 2.18. The number of nitrogens with zero attached hydrogens (tertiary/aromatic N) is 1. The minimum absolute atomic E-state index is 0.00513. The minimum Gasteiger partial charge on any atom is -0.493 e. The van der Waals surface area contributed by atoms with Crippen molar-refractivity contribution in [3.8, 4) is 17.2 Å². The Hall–Kier alpha value is -2.69. The first-order valence-corrected chi connectivity index (χ1v) is 7.97. The van der Waals surface area contributed by atoms with Crippen LogP contribution >= 0.6 is 0 Å². The number of hydrogen-bond donors (Lipinski definition) is 0. The van der Waals surface area contributed by atoms with Crippen LogP contribution in [0, 0.1) is 0 Å². The van der Waals surface area contributed by atoms with Gasteiger partial charge in [-0.2, -0.15) is 0 Å². The van der Waals surface area contributed by atoms with Gasteiger partial charge in [-0.1, -0.05) is 30.3 Å². The fraction of sp³-hybridized carbons (Fsp3) is 0.316. The number of carbonyl (C=O) groups is 1. The van der Waals surface area contributed by atoms with Crippen LogP contribution in [0.1, 0.15) is 24.0 Å². The van der Waals surface area contributed by atoms with Crippen molar-refractivity contribution in [2.45, 2.75) is 12.8 Å². The van der Waals surface area contributed by atoms with E-state index in [2.05, 4.69) is 0 Å². The first kappa shape index (κ1) is 16.2. The molecule has 5 heteroatoms. The van der Waals surface area contributed by atoms with Crippen LogP contribution in [-0.2, 0) is 4.74 Å². The molecule has 0 saturated carbocycles. The van der Waals surface area contributed by atoms with Gasteiger partial charge in [0, 0.05) is 30.6 Å². The fourth-order valence-electron chi connectivity index (χ4n) is 2.99. The van der Waals surface area contributed by atoms with E-state index in [1.54, 1.807) is 26.0 Å². The second kappa shape index (κ2) is 6.83. The smallest absolute Gasteiger partial charge is 0.409 e. The normalized spacial score (nSPS) is 14.9. The van der Waals surface area contributed by atoms with Crippen LogP contribution in [0.2, 0.25) is 0 Å². The molecule has 0 radical (unpaired) electrons. The molecule has 0 spiro atoms. The van der Waals surface area contributed by atoms with Gasteiger partial charge in [0.1, 0.15) is 5.75 Å². The van der Waals surface area contributed by atoms with Crippen molar-refractivity contribution in [2.24, 2.45) is 0 Å². The van der Waals surface area contributed by atoms with Crippen molar-refractivity contribution in [1.82, 2.24) is 4.90 Å². The summed E-state index contributed by atoms with van der Waals surface area (Å²) in [5, 5.41) is 0. The molecule has 1 aliphatic rings. The maximum Gasteiger partial charge on any atom is 0.409 e. The molecule has 5 nitrogen and oxygen atoms in total. The summed E-state index contributed by atoms with van der Waals surface area (Å²) in [6.45, 7) is 2.66. The van der Waals surface area contributed by atoms with E-state index in [1.165, 1.54) is 0 Å². The summed E-state index contributed by atoms with van der Waals surface area (Å²) in [5.41, 5.74) is 2.05. The van der Waals surface area contributed by atoms with Crippen LogP contribution in [0.4, 0.5) is 4.79 Å². The van der Waals surface area contributed by atoms with Crippen LogP contribution in [0.25, 0.3) is 0 Å². The van der Waals surface area contributed by atoms with Crippen LogP contribution in [0.15, 0.2) is 42.5 Å². The van der Waals surface area contributed by atoms with Crippen molar-refractivity contribution < 1.29 is 19.0 Å². The lowest BCUT2D eigenvalue weighted by molar-refractivity contribution is 0.115. The Balaban J connectivity index is 2.01. The zero-order valence-corrected chi connectivity index (χ0v) is 14.1. The number of benzene rings is 2. The molecule has 126 valence electrons. The number of carbonyl (C=O) groups excluding carboxylic acids is 1. The predicted molar refractivity (Wildman–Crippen MR) is 91.0 cm³/mol. The third-order valence-corrected chi connectivity index (χ3v) is 4.15. The highest BCUT2D eigenvalue weighted by Gasteiger charge is 2.31. The average molecular weight is 327 g/mol. The van der Waals surface area contributed by atoms with Gasteiger partial charge in [0.05, 0.1) is 13.7 Å². The number of likely N-dealkylation sites (N-methyl/N-ethyl adjacent to an activating group) is 1. The number of para-hydroxylation sites is 2. The summed E-state index contributed by atoms with van der Waals surface area (Å²) in [7, 11) is 3.37. The zero-order valence-electron chi connectivity index (χ0n) is 14.1. The van der Waals surface area contributed by atoms with Gasteiger partial charge in [-0.15, -0.1) is 0 Å². The van der Waals surface area contributed by atoms with Crippen molar-refractivity contribution >= 4 is 6.09 Å². The predicted octanol–water partition coefficient (Wildman–Crippen LogP) is 4.02. The molecule has 2 aromatic carbocycles. The largest absolute Gasteiger partial charge is 0.493 e. The molecule has 1 heterocycles. The molecule has 24 heavy (non-hydrogen) atoms. The Labute approximate surface area is 141 Å². The van der Waals surface area contributed by atoms with E-state index in [-0.39, 0.29) is 12.0 Å². The molecular formula is C19H21NO4. The minimum atomic E-state index is -0.328. The maximum atomic E-state index is 12.0. The molecule has 0 N–H and O–H groups in total. The van der Waals surface area contributed by atoms with Crippen molar-refractivity contribution in [2.75, 3.05) is 27.3 Å². The van der Waals surface area contributed by atoms with Crippen molar-refractivity contribution in [1.29, 1.82) is 0 Å². The molecule has 0 aromatic heterocycles. The Kier molecular flexibility index (Phi) is 4.60. The summed E-state index contributed by atoms with van der Waals surface area (Å²) >= 11 is 0.